The Morgan fingerprint density at radius 3 is 2.83 bits per heavy atom. The highest BCUT2D eigenvalue weighted by molar-refractivity contribution is 6.11. The lowest BCUT2D eigenvalue weighted by molar-refractivity contribution is 0.00656. The zero-order valence-electron chi connectivity index (χ0n) is 18.2. The Kier molecular flexibility index (Phi) is 9.25. The third-order valence-electron chi connectivity index (χ3n) is 5.63. The van der Waals surface area contributed by atoms with Crippen molar-refractivity contribution >= 4 is 12.4 Å². The highest BCUT2D eigenvalue weighted by Gasteiger charge is 2.19. The minimum atomic E-state index is 0.395. The number of rotatable bonds is 11. The highest BCUT2D eigenvalue weighted by atomic mass is 16.5. The van der Waals surface area contributed by atoms with Crippen LogP contribution in [0.2, 0.25) is 0 Å². The van der Waals surface area contributed by atoms with Crippen LogP contribution in [0, 0.1) is 0 Å². The van der Waals surface area contributed by atoms with Gasteiger partial charge in [0.15, 0.2) is 0 Å². The maximum absolute atomic E-state index is 6.12. The molecule has 0 atom stereocenters. The number of hydrogen-bond donors (Lipinski definition) is 1. The topological polar surface area (TPSA) is 65.9 Å². The van der Waals surface area contributed by atoms with Gasteiger partial charge in [0, 0.05) is 37.2 Å². The van der Waals surface area contributed by atoms with E-state index in [1.54, 1.807) is 6.20 Å². The summed E-state index contributed by atoms with van der Waals surface area (Å²) in [6.45, 7) is 9.35. The molecule has 0 amide bonds. The normalized spacial score (nSPS) is 20.4. The number of unbranched alkanes of at least 4 members (excludes halogenated alkanes) is 2. The van der Waals surface area contributed by atoms with Crippen molar-refractivity contribution in [2.75, 3.05) is 26.4 Å². The molecule has 1 aliphatic heterocycles. The van der Waals surface area contributed by atoms with Gasteiger partial charge < -0.3 is 4.74 Å². The first-order chi connectivity index (χ1) is 14.8. The molecule has 1 fully saturated rings. The maximum Gasteiger partial charge on any atom is 0.0916 e. The molecule has 6 heteroatoms. The molecule has 6 nitrogen and oxygen atoms in total. The van der Waals surface area contributed by atoms with Crippen molar-refractivity contribution in [1.82, 2.24) is 15.1 Å². The summed E-state index contributed by atoms with van der Waals surface area (Å²) in [6.07, 6.45) is 18.0. The third kappa shape index (κ3) is 7.18. The number of aryl methyl sites for hydroxylation is 2. The van der Waals surface area contributed by atoms with Crippen LogP contribution >= 0.6 is 0 Å². The van der Waals surface area contributed by atoms with E-state index in [0.717, 1.165) is 75.4 Å². The van der Waals surface area contributed by atoms with Crippen LogP contribution in [-0.4, -0.2) is 60.0 Å². The number of piperidine rings is 1. The average Bonchev–Trinajstić information content (AvgIpc) is 3.24. The Hall–Kier alpha value is -2.31. The lowest BCUT2D eigenvalue weighted by Crippen LogP contribution is -2.37. The van der Waals surface area contributed by atoms with Crippen LogP contribution in [0.5, 0.6) is 0 Å². The number of nitrogens with one attached hydrogen (secondary N) is 1. The van der Waals surface area contributed by atoms with E-state index in [9.17, 15) is 0 Å². The SMILES string of the molecule is C=N/C=C1/C=CC=CC1=NCN1CCC(OCCCCCc2cc(CC)n[nH]2)CC1. The van der Waals surface area contributed by atoms with Crippen molar-refractivity contribution in [3.63, 3.8) is 0 Å². The molecule has 0 aromatic carbocycles. The zero-order chi connectivity index (χ0) is 21.0. The van der Waals surface area contributed by atoms with Crippen molar-refractivity contribution < 1.29 is 4.74 Å². The highest BCUT2D eigenvalue weighted by Crippen LogP contribution is 2.16. The van der Waals surface area contributed by atoms with Gasteiger partial charge in [-0.3, -0.25) is 20.0 Å². The van der Waals surface area contributed by atoms with Crippen molar-refractivity contribution in [3.8, 4) is 0 Å². The first-order valence-electron chi connectivity index (χ1n) is 11.2. The smallest absolute Gasteiger partial charge is 0.0916 e. The van der Waals surface area contributed by atoms with Crippen LogP contribution in [0.3, 0.4) is 0 Å². The lowest BCUT2D eigenvalue weighted by Gasteiger charge is -2.31. The second-order valence-electron chi connectivity index (χ2n) is 7.91. The number of nitrogens with zero attached hydrogens (tertiary/aromatic N) is 4. The third-order valence-corrected chi connectivity index (χ3v) is 5.63. The number of aromatic amines is 1. The zero-order valence-corrected chi connectivity index (χ0v) is 18.2. The fraction of sp³-hybridized carbons (Fsp3) is 0.542. The Labute approximate surface area is 180 Å². The van der Waals surface area contributed by atoms with Crippen LogP contribution < -0.4 is 0 Å². The molecule has 1 aromatic rings. The molecule has 162 valence electrons. The molecule has 30 heavy (non-hydrogen) atoms. The average molecular weight is 410 g/mol. The van der Waals surface area contributed by atoms with Crippen molar-refractivity contribution in [3.05, 3.63) is 53.5 Å². The minimum Gasteiger partial charge on any atom is -0.378 e. The molecule has 1 N–H and O–H groups in total. The van der Waals surface area contributed by atoms with Crippen LogP contribution in [0.4, 0.5) is 0 Å². The maximum atomic E-state index is 6.12. The van der Waals surface area contributed by atoms with Crippen molar-refractivity contribution in [2.24, 2.45) is 9.98 Å². The fourth-order valence-corrected chi connectivity index (χ4v) is 3.80. The van der Waals surface area contributed by atoms with Gasteiger partial charge in [0.05, 0.1) is 24.2 Å². The Balaban J connectivity index is 1.26. The van der Waals surface area contributed by atoms with E-state index < -0.39 is 0 Å². The Morgan fingerprint density at radius 1 is 1.23 bits per heavy atom. The molecule has 0 saturated carbocycles. The van der Waals surface area contributed by atoms with Crippen LogP contribution in [0.25, 0.3) is 0 Å². The molecule has 1 aromatic heterocycles. The molecule has 0 bridgehead atoms. The van der Waals surface area contributed by atoms with E-state index in [1.807, 2.05) is 24.3 Å². The minimum absolute atomic E-state index is 0.395. The number of aromatic nitrogens is 2. The van der Waals surface area contributed by atoms with E-state index in [4.69, 9.17) is 9.73 Å². The summed E-state index contributed by atoms with van der Waals surface area (Å²) >= 11 is 0. The number of allylic oxidation sites excluding steroid dienone is 5. The van der Waals surface area contributed by atoms with Gasteiger partial charge in [-0.1, -0.05) is 31.6 Å². The van der Waals surface area contributed by atoms with E-state index in [1.165, 1.54) is 18.5 Å². The van der Waals surface area contributed by atoms with Gasteiger partial charge in [-0.2, -0.15) is 5.10 Å². The van der Waals surface area contributed by atoms with E-state index in [2.05, 4.69) is 39.8 Å². The summed E-state index contributed by atoms with van der Waals surface area (Å²) in [5, 5.41) is 7.42. The summed E-state index contributed by atoms with van der Waals surface area (Å²) in [5.74, 6) is 0. The standard InChI is InChI=1S/C24H35N5O/c1-3-21-17-22(28-27-21)10-5-4-8-16-30-23-12-14-29(15-13-23)19-26-24-11-7-6-9-20(24)18-25-2/h6-7,9,11,17-18,23H,2-5,8,10,12-16,19H2,1H3,(H,27,28)/b20-18-,26-24?. The quantitative estimate of drug-likeness (QED) is 0.438. The monoisotopic (exact) mass is 409 g/mol. The molecule has 0 spiro atoms. The van der Waals surface area contributed by atoms with E-state index in [-0.39, 0.29) is 0 Å². The van der Waals surface area contributed by atoms with Crippen LogP contribution in [0.15, 0.2) is 52.1 Å². The van der Waals surface area contributed by atoms with Gasteiger partial charge in [-0.15, -0.1) is 0 Å². The van der Waals surface area contributed by atoms with Gasteiger partial charge in [-0.25, -0.2) is 0 Å². The summed E-state index contributed by atoms with van der Waals surface area (Å²) in [4.78, 5) is 11.0. The van der Waals surface area contributed by atoms with Gasteiger partial charge in [0.25, 0.3) is 0 Å². The van der Waals surface area contributed by atoms with Gasteiger partial charge in [-0.05, 0) is 57.4 Å². The number of ether oxygens (including phenoxy) is 1. The molecular weight excluding hydrogens is 374 g/mol. The molecular formula is C24H35N5O. The largest absolute Gasteiger partial charge is 0.378 e. The van der Waals surface area contributed by atoms with Crippen LogP contribution in [0.1, 0.15) is 50.4 Å². The van der Waals surface area contributed by atoms with E-state index in [0.29, 0.717) is 6.10 Å². The summed E-state index contributed by atoms with van der Waals surface area (Å²) < 4.78 is 6.12. The van der Waals surface area contributed by atoms with E-state index >= 15 is 0 Å². The van der Waals surface area contributed by atoms with Crippen molar-refractivity contribution in [1.29, 1.82) is 0 Å². The second-order valence-corrected chi connectivity index (χ2v) is 7.91. The predicted octanol–water partition coefficient (Wildman–Crippen LogP) is 4.27. The molecule has 0 unspecified atom stereocenters. The summed E-state index contributed by atoms with van der Waals surface area (Å²) in [5.41, 5.74) is 4.41. The molecule has 1 saturated heterocycles. The second kappa shape index (κ2) is 12.4. The summed E-state index contributed by atoms with van der Waals surface area (Å²) in [7, 11) is 0. The molecule has 2 aliphatic rings. The number of H-pyrrole nitrogens is 1. The summed E-state index contributed by atoms with van der Waals surface area (Å²) in [6, 6.07) is 2.18. The molecule has 1 aliphatic carbocycles. The van der Waals surface area contributed by atoms with Gasteiger partial charge in [0.1, 0.15) is 0 Å². The number of hydrogen-bond acceptors (Lipinski definition) is 5. The molecule has 2 heterocycles. The lowest BCUT2D eigenvalue weighted by atomic mass is 10.1. The predicted molar refractivity (Wildman–Crippen MR) is 124 cm³/mol. The molecule has 0 radical (unpaired) electrons. The first kappa shape index (κ1) is 22.4. The number of aliphatic imine (C=N–C) groups is 2. The van der Waals surface area contributed by atoms with Crippen molar-refractivity contribution in [2.45, 2.75) is 58.0 Å². The number of likely N-dealkylation sites (tertiary alicyclic amines) is 1. The first-order valence-corrected chi connectivity index (χ1v) is 11.2. The Morgan fingerprint density at radius 2 is 2.07 bits per heavy atom. The van der Waals surface area contributed by atoms with Crippen LogP contribution in [-0.2, 0) is 17.6 Å². The van der Waals surface area contributed by atoms with Gasteiger partial charge >= 0.3 is 0 Å². The Bertz CT molecular complexity index is 781. The van der Waals surface area contributed by atoms with Gasteiger partial charge in [0.2, 0.25) is 0 Å². The fourth-order valence-electron chi connectivity index (χ4n) is 3.80. The molecule has 3 rings (SSSR count).